The molecule has 0 unspecified atom stereocenters. The number of hydrogen-bond donors (Lipinski definition) is 1. The van der Waals surface area contributed by atoms with Gasteiger partial charge in [0.05, 0.1) is 37.4 Å². The maximum Gasteiger partial charge on any atom is 0.340 e. The van der Waals surface area contributed by atoms with Crippen molar-refractivity contribution in [3.63, 3.8) is 0 Å². The van der Waals surface area contributed by atoms with Gasteiger partial charge in [-0.25, -0.2) is 4.79 Å². The van der Waals surface area contributed by atoms with Gasteiger partial charge in [-0.2, -0.15) is 0 Å². The number of allylic oxidation sites excluding steroid dienone is 4. The van der Waals surface area contributed by atoms with Crippen molar-refractivity contribution in [2.45, 2.75) is 43.7 Å². The van der Waals surface area contributed by atoms with Gasteiger partial charge in [0, 0.05) is 12.1 Å². The fourth-order valence-electron chi connectivity index (χ4n) is 4.57. The third-order valence-corrected chi connectivity index (χ3v) is 5.84. The minimum absolute atomic E-state index is 0.0308. The van der Waals surface area contributed by atoms with E-state index in [0.29, 0.717) is 30.9 Å². The van der Waals surface area contributed by atoms with Gasteiger partial charge >= 0.3 is 5.97 Å². The van der Waals surface area contributed by atoms with Gasteiger partial charge < -0.3 is 24.7 Å². The van der Waals surface area contributed by atoms with Crippen LogP contribution < -0.4 is 5.73 Å². The summed E-state index contributed by atoms with van der Waals surface area (Å²) in [7, 11) is 0. The number of benzene rings is 1. The number of hydrogen-bond acceptors (Lipinski definition) is 6. The van der Waals surface area contributed by atoms with Crippen molar-refractivity contribution >= 4 is 11.7 Å². The Labute approximate surface area is 165 Å². The molecule has 4 atom stereocenters. The molecule has 3 aliphatic heterocycles. The molecule has 3 saturated heterocycles. The third-order valence-electron chi connectivity index (χ3n) is 5.84. The summed E-state index contributed by atoms with van der Waals surface area (Å²) in [5, 5.41) is 0. The van der Waals surface area contributed by atoms with E-state index in [0.717, 1.165) is 12.8 Å². The first-order chi connectivity index (χ1) is 13.6. The molecule has 3 heterocycles. The zero-order chi connectivity index (χ0) is 19.6. The fourth-order valence-corrected chi connectivity index (χ4v) is 4.57. The van der Waals surface area contributed by atoms with E-state index in [9.17, 15) is 4.79 Å². The quantitative estimate of drug-likeness (QED) is 0.460. The zero-order valence-corrected chi connectivity index (χ0v) is 16.1. The first kappa shape index (κ1) is 19.2. The largest absolute Gasteiger partial charge is 0.450 e. The smallest absolute Gasteiger partial charge is 0.340 e. The Morgan fingerprint density at radius 3 is 2.96 bits per heavy atom. The zero-order valence-electron chi connectivity index (χ0n) is 16.1. The van der Waals surface area contributed by atoms with Crippen molar-refractivity contribution < 1.29 is 23.7 Å². The topological polar surface area (TPSA) is 80.0 Å². The summed E-state index contributed by atoms with van der Waals surface area (Å²) in [6.45, 7) is 3.15. The Balaban J connectivity index is 1.55. The number of ether oxygens (including phenoxy) is 4. The van der Waals surface area contributed by atoms with E-state index >= 15 is 0 Å². The second-order valence-electron chi connectivity index (χ2n) is 7.60. The highest BCUT2D eigenvalue weighted by atomic mass is 16.7. The van der Waals surface area contributed by atoms with Gasteiger partial charge in [0.25, 0.3) is 0 Å². The van der Waals surface area contributed by atoms with Gasteiger partial charge in [-0.1, -0.05) is 36.4 Å². The van der Waals surface area contributed by atoms with Crippen molar-refractivity contribution in [3.05, 3.63) is 54.1 Å². The number of anilines is 1. The number of esters is 1. The van der Waals surface area contributed by atoms with E-state index in [1.54, 1.807) is 24.3 Å². The Morgan fingerprint density at radius 1 is 1.29 bits per heavy atom. The van der Waals surface area contributed by atoms with Crippen LogP contribution in [-0.4, -0.2) is 43.3 Å². The lowest BCUT2D eigenvalue weighted by Gasteiger charge is -2.41. The first-order valence-corrected chi connectivity index (χ1v) is 9.85. The van der Waals surface area contributed by atoms with Crippen LogP contribution in [0.4, 0.5) is 5.69 Å². The summed E-state index contributed by atoms with van der Waals surface area (Å²) in [6.07, 6.45) is 10.3. The number of carbonyl (C=O) groups excluding carboxylic acids is 1. The second-order valence-corrected chi connectivity index (χ2v) is 7.60. The van der Waals surface area contributed by atoms with Crippen LogP contribution in [0.1, 0.15) is 36.5 Å². The van der Waals surface area contributed by atoms with Crippen molar-refractivity contribution in [2.75, 3.05) is 25.6 Å². The SMILES string of the molecule is C/C=C/C=C/CC[C@]12OCC[C@@H]3OC[C@](OC(=O)c4ccccc4N)(CO1)[C@@H]32. The molecule has 0 amide bonds. The maximum atomic E-state index is 12.8. The minimum Gasteiger partial charge on any atom is -0.450 e. The molecule has 1 aromatic rings. The van der Waals surface area contributed by atoms with E-state index in [2.05, 4.69) is 6.08 Å². The summed E-state index contributed by atoms with van der Waals surface area (Å²) in [5.41, 5.74) is 5.88. The Kier molecular flexibility index (Phi) is 5.27. The molecule has 0 aliphatic carbocycles. The van der Waals surface area contributed by atoms with Crippen LogP contribution in [0, 0.1) is 5.92 Å². The van der Waals surface area contributed by atoms with E-state index in [4.69, 9.17) is 24.7 Å². The lowest BCUT2D eigenvalue weighted by Crippen LogP contribution is -2.53. The Morgan fingerprint density at radius 2 is 2.14 bits per heavy atom. The lowest BCUT2D eigenvalue weighted by molar-refractivity contribution is -0.269. The Hall–Kier alpha value is -2.15. The summed E-state index contributed by atoms with van der Waals surface area (Å²) in [5.74, 6) is -1.36. The summed E-state index contributed by atoms with van der Waals surface area (Å²) in [4.78, 5) is 12.8. The van der Waals surface area contributed by atoms with Gasteiger partial charge in [-0.05, 0) is 31.9 Å². The molecule has 0 spiro atoms. The molecule has 1 aromatic carbocycles. The van der Waals surface area contributed by atoms with Gasteiger partial charge in [0.15, 0.2) is 11.4 Å². The standard InChI is InChI=1S/C22H27NO5/c1-2-3-4-5-8-12-22-19-18(11-13-26-22)25-14-21(19,15-27-22)28-20(24)16-9-6-7-10-17(16)23/h2-7,9-10,18-19H,8,11-15,23H2,1H3/b3-2+,5-4+/t18-,19+,21-,22-/m0/s1. The third kappa shape index (κ3) is 3.26. The van der Waals surface area contributed by atoms with Crippen LogP contribution in [0.2, 0.25) is 0 Å². The highest BCUT2D eigenvalue weighted by Gasteiger charge is 2.69. The highest BCUT2D eigenvalue weighted by molar-refractivity contribution is 5.95. The molecule has 4 rings (SSSR count). The maximum absolute atomic E-state index is 12.8. The van der Waals surface area contributed by atoms with E-state index in [1.165, 1.54) is 0 Å². The predicted molar refractivity (Wildman–Crippen MR) is 105 cm³/mol. The second kappa shape index (κ2) is 7.70. The van der Waals surface area contributed by atoms with Gasteiger partial charge in [0.1, 0.15) is 0 Å². The number of carbonyl (C=O) groups is 1. The van der Waals surface area contributed by atoms with Crippen LogP contribution in [0.3, 0.4) is 0 Å². The average Bonchev–Trinajstić information content (AvgIpc) is 3.22. The number of rotatable bonds is 6. The van der Waals surface area contributed by atoms with Gasteiger partial charge in [0.2, 0.25) is 0 Å². The minimum atomic E-state index is -0.836. The average molecular weight is 385 g/mol. The van der Waals surface area contributed by atoms with E-state index < -0.39 is 17.4 Å². The molecule has 3 aliphatic rings. The molecule has 2 N–H and O–H groups in total. The molecule has 0 radical (unpaired) electrons. The number of nitrogens with two attached hydrogens (primary N) is 1. The van der Waals surface area contributed by atoms with Gasteiger partial charge in [-0.15, -0.1) is 0 Å². The van der Waals surface area contributed by atoms with E-state index in [1.807, 2.05) is 25.2 Å². The summed E-state index contributed by atoms with van der Waals surface area (Å²) in [6, 6.07) is 6.93. The predicted octanol–water partition coefficient (Wildman–Crippen LogP) is 3.24. The van der Waals surface area contributed by atoms with Gasteiger partial charge in [-0.3, -0.25) is 0 Å². The normalized spacial score (nSPS) is 34.2. The molecular formula is C22H27NO5. The molecule has 150 valence electrons. The molecular weight excluding hydrogens is 358 g/mol. The van der Waals surface area contributed by atoms with Crippen LogP contribution in [-0.2, 0) is 18.9 Å². The number of para-hydroxylation sites is 1. The molecule has 0 bridgehead atoms. The fraction of sp³-hybridized carbons (Fsp3) is 0.500. The van der Waals surface area contributed by atoms with Crippen molar-refractivity contribution in [2.24, 2.45) is 5.92 Å². The molecule has 6 nitrogen and oxygen atoms in total. The van der Waals surface area contributed by atoms with E-state index in [-0.39, 0.29) is 18.6 Å². The van der Waals surface area contributed by atoms with Crippen LogP contribution in [0.15, 0.2) is 48.6 Å². The van der Waals surface area contributed by atoms with Crippen LogP contribution in [0.5, 0.6) is 0 Å². The van der Waals surface area contributed by atoms with Crippen molar-refractivity contribution in [1.29, 1.82) is 0 Å². The highest BCUT2D eigenvalue weighted by Crippen LogP contribution is 2.54. The monoisotopic (exact) mass is 385 g/mol. The van der Waals surface area contributed by atoms with Crippen molar-refractivity contribution in [3.8, 4) is 0 Å². The number of nitrogen functional groups attached to an aromatic ring is 1. The molecule has 0 aromatic heterocycles. The molecule has 3 fully saturated rings. The Bertz CT molecular complexity index is 791. The first-order valence-electron chi connectivity index (χ1n) is 9.85. The summed E-state index contributed by atoms with van der Waals surface area (Å²) >= 11 is 0. The van der Waals surface area contributed by atoms with Crippen LogP contribution in [0.25, 0.3) is 0 Å². The molecule has 6 heteroatoms. The van der Waals surface area contributed by atoms with Crippen molar-refractivity contribution in [1.82, 2.24) is 0 Å². The molecule has 28 heavy (non-hydrogen) atoms. The summed E-state index contributed by atoms with van der Waals surface area (Å²) < 4.78 is 24.4. The molecule has 0 saturated carbocycles. The lowest BCUT2D eigenvalue weighted by atomic mass is 9.78. The van der Waals surface area contributed by atoms with Crippen LogP contribution >= 0.6 is 0 Å².